The lowest BCUT2D eigenvalue weighted by molar-refractivity contribution is -0.141. The molecule has 1 aromatic heterocycles. The summed E-state index contributed by atoms with van der Waals surface area (Å²) in [5, 5.41) is 5.43. The molecule has 1 N–H and O–H groups in total. The van der Waals surface area contributed by atoms with Crippen LogP contribution in [-0.2, 0) is 27.5 Å². The fourth-order valence-electron chi connectivity index (χ4n) is 4.60. The minimum absolute atomic E-state index is 0.0703. The molecule has 2 aromatic carbocycles. The third-order valence-electron chi connectivity index (χ3n) is 6.55. The first-order chi connectivity index (χ1) is 19.5. The normalized spacial score (nSPS) is 16.2. The van der Waals surface area contributed by atoms with Gasteiger partial charge in [0.25, 0.3) is 0 Å². The first-order valence-electron chi connectivity index (χ1n) is 12.6. The van der Waals surface area contributed by atoms with Crippen LogP contribution in [0.2, 0.25) is 0 Å². The van der Waals surface area contributed by atoms with Crippen LogP contribution in [0.5, 0.6) is 11.5 Å². The minimum atomic E-state index is -0.667. The monoisotopic (exact) mass is 559 g/mol. The third-order valence-corrected chi connectivity index (χ3v) is 7.44. The van der Waals surface area contributed by atoms with Crippen LogP contribution in [-0.4, -0.2) is 36.2 Å². The van der Waals surface area contributed by atoms with Crippen LogP contribution in [0.1, 0.15) is 36.3 Å². The first kappa shape index (κ1) is 27.1. The lowest BCUT2D eigenvalue weighted by atomic mass is 9.92. The van der Waals surface area contributed by atoms with Gasteiger partial charge in [0.2, 0.25) is 5.91 Å². The lowest BCUT2D eigenvalue weighted by Gasteiger charge is -2.36. The number of carbonyl (C=O) groups is 2. The molecule has 1 atom stereocenters. The van der Waals surface area contributed by atoms with Crippen LogP contribution in [0.3, 0.4) is 0 Å². The molecule has 1 amide bonds. The fraction of sp³-hybridized carbons (Fsp3) is 0.233. The molecule has 3 heterocycles. The maximum Gasteiger partial charge on any atom is 0.338 e. The van der Waals surface area contributed by atoms with Gasteiger partial charge in [-0.2, -0.15) is 0 Å². The maximum absolute atomic E-state index is 13.7. The molecule has 5 rings (SSSR count). The Morgan fingerprint density at radius 3 is 2.62 bits per heavy atom. The van der Waals surface area contributed by atoms with Crippen molar-refractivity contribution in [2.75, 3.05) is 14.2 Å². The Bertz CT molecular complexity index is 1480. The van der Waals surface area contributed by atoms with E-state index in [0.29, 0.717) is 45.0 Å². The van der Waals surface area contributed by atoms with E-state index >= 15 is 0 Å². The summed E-state index contributed by atoms with van der Waals surface area (Å²) in [4.78, 5) is 33.3. The molecule has 1 unspecified atom stereocenters. The molecule has 10 heteroatoms. The average Bonchev–Trinajstić information content (AvgIpc) is 3.64. The Labute approximate surface area is 236 Å². The Morgan fingerprint density at radius 2 is 1.90 bits per heavy atom. The van der Waals surface area contributed by atoms with Gasteiger partial charge in [0.15, 0.2) is 5.17 Å². The van der Waals surface area contributed by atoms with Gasteiger partial charge in [0, 0.05) is 11.3 Å². The van der Waals surface area contributed by atoms with Crippen molar-refractivity contribution in [1.29, 1.82) is 0 Å². The van der Waals surface area contributed by atoms with Crippen molar-refractivity contribution >= 4 is 28.8 Å². The van der Waals surface area contributed by atoms with E-state index < -0.39 is 12.0 Å². The van der Waals surface area contributed by atoms with E-state index in [0.717, 1.165) is 5.56 Å². The van der Waals surface area contributed by atoms with Crippen molar-refractivity contribution in [3.63, 3.8) is 0 Å². The quantitative estimate of drug-likeness (QED) is 0.333. The van der Waals surface area contributed by atoms with E-state index in [1.165, 1.54) is 11.8 Å². The topological polar surface area (TPSA) is 103 Å². The van der Waals surface area contributed by atoms with E-state index in [1.54, 1.807) is 51.7 Å². The summed E-state index contributed by atoms with van der Waals surface area (Å²) in [5.74, 6) is 1.12. The highest BCUT2D eigenvalue weighted by molar-refractivity contribution is 8.16. The van der Waals surface area contributed by atoms with Crippen LogP contribution >= 0.6 is 11.8 Å². The Hall–Kier alpha value is -4.44. The SMILES string of the molecule is COc1ccc(OC)c(C2C(C(=O)OCc3ccccc3)=C(C)N=C3SC=C(CC(=O)NCc4ccco4)N32)c1. The van der Waals surface area contributed by atoms with Crippen molar-refractivity contribution < 1.29 is 28.2 Å². The molecule has 206 valence electrons. The number of ether oxygens (including phenoxy) is 3. The molecule has 0 aliphatic carbocycles. The second-order valence-corrected chi connectivity index (χ2v) is 9.93. The summed E-state index contributed by atoms with van der Waals surface area (Å²) in [6, 6.07) is 17.8. The number of thioether (sulfide) groups is 1. The summed E-state index contributed by atoms with van der Waals surface area (Å²) >= 11 is 1.40. The van der Waals surface area contributed by atoms with Crippen molar-refractivity contribution in [3.8, 4) is 11.5 Å². The molecule has 0 bridgehead atoms. The van der Waals surface area contributed by atoms with Gasteiger partial charge in [-0.15, -0.1) is 0 Å². The molecule has 40 heavy (non-hydrogen) atoms. The third kappa shape index (κ3) is 5.76. The number of furan rings is 1. The van der Waals surface area contributed by atoms with Gasteiger partial charge in [-0.05, 0) is 48.2 Å². The van der Waals surface area contributed by atoms with Gasteiger partial charge in [-0.25, -0.2) is 9.79 Å². The van der Waals surface area contributed by atoms with Gasteiger partial charge in [0.05, 0.1) is 50.8 Å². The number of amides is 1. The predicted octanol–water partition coefficient (Wildman–Crippen LogP) is 5.32. The van der Waals surface area contributed by atoms with Gasteiger partial charge in [-0.3, -0.25) is 4.79 Å². The number of rotatable bonds is 10. The summed E-state index contributed by atoms with van der Waals surface area (Å²) in [5.41, 5.74) is 3.13. The van der Waals surface area contributed by atoms with Crippen LogP contribution in [0.4, 0.5) is 0 Å². The molecule has 0 saturated heterocycles. The molecule has 0 radical (unpaired) electrons. The number of amidine groups is 1. The van der Waals surface area contributed by atoms with Crippen molar-refractivity contribution in [2.24, 2.45) is 4.99 Å². The molecular weight excluding hydrogens is 530 g/mol. The maximum atomic E-state index is 13.7. The molecule has 2 aliphatic rings. The molecule has 0 spiro atoms. The highest BCUT2D eigenvalue weighted by atomic mass is 32.2. The lowest BCUT2D eigenvalue weighted by Crippen LogP contribution is -2.38. The highest BCUT2D eigenvalue weighted by Crippen LogP contribution is 2.47. The van der Waals surface area contributed by atoms with Crippen molar-refractivity contribution in [2.45, 2.75) is 32.5 Å². The van der Waals surface area contributed by atoms with Crippen LogP contribution in [0.15, 0.2) is 98.7 Å². The Balaban J connectivity index is 1.48. The number of benzene rings is 2. The van der Waals surface area contributed by atoms with E-state index in [-0.39, 0.29) is 25.5 Å². The number of allylic oxidation sites excluding steroid dienone is 1. The zero-order valence-corrected chi connectivity index (χ0v) is 23.2. The van der Waals surface area contributed by atoms with Crippen LogP contribution in [0, 0.1) is 0 Å². The second kappa shape index (κ2) is 12.2. The van der Waals surface area contributed by atoms with Gasteiger partial charge >= 0.3 is 5.97 Å². The average molecular weight is 560 g/mol. The van der Waals surface area contributed by atoms with Crippen molar-refractivity contribution in [3.05, 3.63) is 106 Å². The summed E-state index contributed by atoms with van der Waals surface area (Å²) in [6.07, 6.45) is 1.63. The standard InChI is InChI=1S/C30H29N3O6S/c1-19-27(29(35)39-17-20-8-5-4-6-9-20)28(24-15-22(36-2)11-12-25(24)37-3)33-21(18-40-30(33)32-19)14-26(34)31-16-23-10-7-13-38-23/h4-13,15,18,28H,14,16-17H2,1-3H3,(H,31,34). The summed E-state index contributed by atoms with van der Waals surface area (Å²) in [6.45, 7) is 2.18. The van der Waals surface area contributed by atoms with Crippen LogP contribution in [0.25, 0.3) is 0 Å². The molecule has 9 nitrogen and oxygen atoms in total. The molecule has 3 aromatic rings. The summed E-state index contributed by atoms with van der Waals surface area (Å²) in [7, 11) is 3.15. The second-order valence-electron chi connectivity index (χ2n) is 9.10. The Morgan fingerprint density at radius 1 is 1.07 bits per heavy atom. The number of fused-ring (bicyclic) bond motifs is 1. The smallest absolute Gasteiger partial charge is 0.338 e. The number of nitrogens with zero attached hydrogens (tertiary/aromatic N) is 2. The zero-order chi connectivity index (χ0) is 28.1. The van der Waals surface area contributed by atoms with Crippen molar-refractivity contribution in [1.82, 2.24) is 10.2 Å². The number of nitrogens with one attached hydrogen (secondary N) is 1. The number of hydrogen-bond acceptors (Lipinski definition) is 9. The van der Waals surface area contributed by atoms with Gasteiger partial charge < -0.3 is 28.8 Å². The van der Waals surface area contributed by atoms with E-state index in [2.05, 4.69) is 5.32 Å². The highest BCUT2D eigenvalue weighted by Gasteiger charge is 2.42. The first-order valence-corrected chi connectivity index (χ1v) is 13.5. The van der Waals surface area contributed by atoms with E-state index in [1.807, 2.05) is 46.7 Å². The van der Waals surface area contributed by atoms with E-state index in [9.17, 15) is 9.59 Å². The number of hydrogen-bond donors (Lipinski definition) is 1. The number of aliphatic imine (C=N–C) groups is 1. The molecule has 2 aliphatic heterocycles. The van der Waals surface area contributed by atoms with Crippen LogP contribution < -0.4 is 14.8 Å². The summed E-state index contributed by atoms with van der Waals surface area (Å²) < 4.78 is 22.3. The van der Waals surface area contributed by atoms with Gasteiger partial charge in [-0.1, -0.05) is 42.1 Å². The molecular formula is C30H29N3O6S. The zero-order valence-electron chi connectivity index (χ0n) is 22.4. The predicted molar refractivity (Wildman–Crippen MR) is 151 cm³/mol. The molecule has 0 saturated carbocycles. The number of esters is 1. The largest absolute Gasteiger partial charge is 0.497 e. The number of methoxy groups -OCH3 is 2. The fourth-order valence-corrected chi connectivity index (χ4v) is 5.57. The molecule has 0 fully saturated rings. The van der Waals surface area contributed by atoms with E-state index in [4.69, 9.17) is 23.6 Å². The van der Waals surface area contributed by atoms with Gasteiger partial charge in [0.1, 0.15) is 23.9 Å². The minimum Gasteiger partial charge on any atom is -0.497 e. The Kier molecular flexibility index (Phi) is 8.26. The number of carbonyl (C=O) groups excluding carboxylic acids is 2.